The van der Waals surface area contributed by atoms with E-state index in [1.165, 1.54) is 0 Å². The van der Waals surface area contributed by atoms with Crippen LogP contribution in [0.1, 0.15) is 19.4 Å². The van der Waals surface area contributed by atoms with E-state index in [1.54, 1.807) is 12.4 Å². The largest absolute Gasteiger partial charge is 0.367 e. The third kappa shape index (κ3) is 4.18. The van der Waals surface area contributed by atoms with Crippen LogP contribution in [0.2, 0.25) is 0 Å². The molecule has 1 aromatic rings. The van der Waals surface area contributed by atoms with Crippen molar-refractivity contribution < 1.29 is 9.59 Å². The molecule has 1 heterocycles. The fourth-order valence-electron chi connectivity index (χ4n) is 1.46. The Hall–Kier alpha value is -1.98. The molecule has 1 aromatic heterocycles. The van der Waals surface area contributed by atoms with Crippen molar-refractivity contribution in [3.63, 3.8) is 0 Å². The van der Waals surface area contributed by atoms with Crippen molar-refractivity contribution >= 4 is 11.9 Å². The summed E-state index contributed by atoms with van der Waals surface area (Å²) < 4.78 is 0. The first-order chi connectivity index (χ1) is 8.00. The molecular formula is C11H18N4O2. The molecule has 0 spiro atoms. The zero-order valence-electron chi connectivity index (χ0n) is 9.99. The van der Waals surface area contributed by atoms with E-state index >= 15 is 0 Å². The molecule has 5 N–H and O–H groups in total. The van der Waals surface area contributed by atoms with E-state index in [0.29, 0.717) is 6.54 Å². The lowest BCUT2D eigenvalue weighted by molar-refractivity contribution is -0.124. The van der Waals surface area contributed by atoms with Gasteiger partial charge in [0, 0.05) is 18.9 Å². The Balaban J connectivity index is 2.50. The summed E-state index contributed by atoms with van der Waals surface area (Å²) in [4.78, 5) is 25.5. The molecular weight excluding hydrogens is 220 g/mol. The van der Waals surface area contributed by atoms with Gasteiger partial charge in [-0.2, -0.15) is 0 Å². The molecule has 0 aromatic carbocycles. The van der Waals surface area contributed by atoms with Crippen molar-refractivity contribution in [2.75, 3.05) is 0 Å². The fraction of sp³-hybridized carbons (Fsp3) is 0.455. The number of aromatic nitrogens is 1. The number of rotatable bonds is 5. The molecule has 1 rings (SSSR count). The number of nitrogens with one attached hydrogen (secondary N) is 3. The highest BCUT2D eigenvalue weighted by atomic mass is 16.2. The zero-order valence-corrected chi connectivity index (χ0v) is 9.99. The van der Waals surface area contributed by atoms with E-state index in [2.05, 4.69) is 15.6 Å². The topological polar surface area (TPSA) is 100 Å². The summed E-state index contributed by atoms with van der Waals surface area (Å²) in [7, 11) is 0. The molecule has 6 heteroatoms. The monoisotopic (exact) mass is 238 g/mol. The highest BCUT2D eigenvalue weighted by molar-refractivity contribution is 5.86. The Morgan fingerprint density at radius 3 is 2.65 bits per heavy atom. The lowest BCUT2D eigenvalue weighted by Gasteiger charge is -2.20. The second kappa shape index (κ2) is 5.93. The number of carbonyl (C=O) groups is 2. The van der Waals surface area contributed by atoms with Crippen LogP contribution in [0.15, 0.2) is 18.5 Å². The van der Waals surface area contributed by atoms with Crippen LogP contribution in [-0.4, -0.2) is 23.0 Å². The van der Waals surface area contributed by atoms with Crippen molar-refractivity contribution in [1.29, 1.82) is 0 Å². The number of hydrogen-bond acceptors (Lipinski definition) is 2. The molecule has 6 nitrogen and oxygen atoms in total. The minimum Gasteiger partial charge on any atom is -0.367 e. The summed E-state index contributed by atoms with van der Waals surface area (Å²) in [6, 6.07) is 0.568. The number of nitrogens with two attached hydrogens (primary N) is 1. The second-order valence-corrected chi connectivity index (χ2v) is 4.17. The Bertz CT molecular complexity index is 373. The number of H-pyrrole nitrogens is 1. The Labute approximate surface area is 100.0 Å². The van der Waals surface area contributed by atoms with Gasteiger partial charge in [0.05, 0.1) is 0 Å². The standard InChI is InChI=1S/C11H18N4O2/c1-7(2)9(15-11(12)17)10(16)14-6-8-3-4-13-5-8/h3-5,7,9,13H,6H2,1-2H3,(H,14,16)(H3,12,15,17). The van der Waals surface area contributed by atoms with E-state index in [9.17, 15) is 9.59 Å². The number of carbonyl (C=O) groups excluding carboxylic acids is 2. The Morgan fingerprint density at radius 2 is 2.18 bits per heavy atom. The summed E-state index contributed by atoms with van der Waals surface area (Å²) in [6.45, 7) is 4.11. The van der Waals surface area contributed by atoms with Gasteiger partial charge in [0.15, 0.2) is 0 Å². The summed E-state index contributed by atoms with van der Waals surface area (Å²) in [5.41, 5.74) is 6.00. The van der Waals surface area contributed by atoms with Crippen LogP contribution in [0.5, 0.6) is 0 Å². The van der Waals surface area contributed by atoms with E-state index < -0.39 is 12.1 Å². The molecule has 1 unspecified atom stereocenters. The molecule has 0 aliphatic carbocycles. The number of amides is 3. The molecule has 0 radical (unpaired) electrons. The predicted octanol–water partition coefficient (Wildman–Crippen LogP) is 0.324. The number of aromatic amines is 1. The molecule has 0 bridgehead atoms. The quantitative estimate of drug-likeness (QED) is 0.594. The molecule has 0 saturated heterocycles. The van der Waals surface area contributed by atoms with Gasteiger partial charge in [0.2, 0.25) is 5.91 Å². The van der Waals surface area contributed by atoms with Crippen LogP contribution in [0.4, 0.5) is 4.79 Å². The van der Waals surface area contributed by atoms with Crippen LogP contribution in [0, 0.1) is 5.92 Å². The van der Waals surface area contributed by atoms with Gasteiger partial charge in [0.25, 0.3) is 0 Å². The van der Waals surface area contributed by atoms with Crippen molar-refractivity contribution in [2.45, 2.75) is 26.4 Å². The Morgan fingerprint density at radius 1 is 1.47 bits per heavy atom. The van der Waals surface area contributed by atoms with Gasteiger partial charge < -0.3 is 21.4 Å². The molecule has 3 amide bonds. The normalized spacial score (nSPS) is 12.2. The van der Waals surface area contributed by atoms with Gasteiger partial charge in [-0.15, -0.1) is 0 Å². The molecule has 0 aliphatic heterocycles. The van der Waals surface area contributed by atoms with Crippen molar-refractivity contribution in [2.24, 2.45) is 11.7 Å². The maximum atomic E-state index is 11.8. The first kappa shape index (κ1) is 13.1. The fourth-order valence-corrected chi connectivity index (χ4v) is 1.46. The van der Waals surface area contributed by atoms with Crippen molar-refractivity contribution in [1.82, 2.24) is 15.6 Å². The summed E-state index contributed by atoms with van der Waals surface area (Å²) in [5.74, 6) is -0.256. The Kier molecular flexibility index (Phi) is 4.56. The van der Waals surface area contributed by atoms with Crippen LogP contribution in [-0.2, 0) is 11.3 Å². The average Bonchev–Trinajstić information content (AvgIpc) is 2.74. The summed E-state index contributed by atoms with van der Waals surface area (Å²) >= 11 is 0. The lowest BCUT2D eigenvalue weighted by Crippen LogP contribution is -2.51. The summed E-state index contributed by atoms with van der Waals surface area (Å²) in [5, 5.41) is 5.17. The van der Waals surface area contributed by atoms with Gasteiger partial charge in [-0.05, 0) is 17.5 Å². The van der Waals surface area contributed by atoms with Gasteiger partial charge in [0.1, 0.15) is 6.04 Å². The van der Waals surface area contributed by atoms with Crippen LogP contribution < -0.4 is 16.4 Å². The molecule has 17 heavy (non-hydrogen) atoms. The average molecular weight is 238 g/mol. The molecule has 0 saturated carbocycles. The lowest BCUT2D eigenvalue weighted by atomic mass is 10.0. The molecule has 0 aliphatic rings. The highest BCUT2D eigenvalue weighted by Gasteiger charge is 2.22. The third-order valence-electron chi connectivity index (χ3n) is 2.38. The molecule has 1 atom stereocenters. The maximum absolute atomic E-state index is 11.8. The zero-order chi connectivity index (χ0) is 12.8. The van der Waals surface area contributed by atoms with Crippen LogP contribution in [0.3, 0.4) is 0 Å². The van der Waals surface area contributed by atoms with E-state index in [0.717, 1.165) is 5.56 Å². The minimum absolute atomic E-state index is 0.0197. The number of urea groups is 1. The SMILES string of the molecule is CC(C)C(NC(N)=O)C(=O)NCc1cc[nH]c1. The summed E-state index contributed by atoms with van der Waals surface area (Å²) in [6.07, 6.45) is 3.58. The third-order valence-corrected chi connectivity index (χ3v) is 2.38. The van der Waals surface area contributed by atoms with E-state index in [4.69, 9.17) is 5.73 Å². The van der Waals surface area contributed by atoms with E-state index in [1.807, 2.05) is 19.9 Å². The van der Waals surface area contributed by atoms with Gasteiger partial charge in [-0.25, -0.2) is 4.79 Å². The van der Waals surface area contributed by atoms with Gasteiger partial charge in [-0.1, -0.05) is 13.8 Å². The van der Waals surface area contributed by atoms with Crippen molar-refractivity contribution in [3.8, 4) is 0 Å². The maximum Gasteiger partial charge on any atom is 0.312 e. The van der Waals surface area contributed by atoms with Gasteiger partial charge in [-0.3, -0.25) is 4.79 Å². The molecule has 94 valence electrons. The number of primary amides is 1. The smallest absolute Gasteiger partial charge is 0.312 e. The van der Waals surface area contributed by atoms with Gasteiger partial charge >= 0.3 is 6.03 Å². The highest BCUT2D eigenvalue weighted by Crippen LogP contribution is 2.02. The number of hydrogen-bond donors (Lipinski definition) is 4. The minimum atomic E-state index is -0.694. The first-order valence-corrected chi connectivity index (χ1v) is 5.46. The second-order valence-electron chi connectivity index (χ2n) is 4.17. The van der Waals surface area contributed by atoms with Crippen molar-refractivity contribution in [3.05, 3.63) is 24.0 Å². The van der Waals surface area contributed by atoms with Crippen LogP contribution in [0.25, 0.3) is 0 Å². The first-order valence-electron chi connectivity index (χ1n) is 5.46. The predicted molar refractivity (Wildman–Crippen MR) is 64.0 cm³/mol. The van der Waals surface area contributed by atoms with E-state index in [-0.39, 0.29) is 11.8 Å². The van der Waals surface area contributed by atoms with Crippen LogP contribution >= 0.6 is 0 Å². The molecule has 0 fully saturated rings.